The summed E-state index contributed by atoms with van der Waals surface area (Å²) in [4.78, 5) is 135. The Labute approximate surface area is 475 Å². The van der Waals surface area contributed by atoms with Gasteiger partial charge in [-0.05, 0) is 151 Å². The van der Waals surface area contributed by atoms with Crippen LogP contribution in [0.2, 0.25) is 0 Å². The summed E-state index contributed by atoms with van der Waals surface area (Å²) in [5.41, 5.74) is 17.8. The molecule has 76 heavy (non-hydrogen) atoms. The van der Waals surface area contributed by atoms with Gasteiger partial charge in [-0.15, -0.1) is 0 Å². The molecule has 0 aromatic carbocycles. The van der Waals surface area contributed by atoms with Crippen LogP contribution in [0.4, 0.5) is 0 Å². The Hall–Kier alpha value is -4.52. The smallest absolute Gasteiger partial charge is 0.550 e. The largest absolute Gasteiger partial charge is 3.00 e. The molecule has 0 bridgehead atoms. The van der Waals surface area contributed by atoms with Crippen LogP contribution in [0.15, 0.2) is 0 Å². The molecule has 0 amide bonds. The zero-order chi connectivity index (χ0) is 56.3. The van der Waals surface area contributed by atoms with Crippen LogP contribution in [0.3, 0.4) is 0 Å². The minimum atomic E-state index is -2.12. The molecule has 3 rings (SSSR count). The molecule has 0 spiro atoms. The molecule has 0 saturated heterocycles. The Morgan fingerprint density at radius 1 is 0.237 bits per heavy atom. The fraction of sp³-hybridized carbons (Fsp3) is 0.714. The SMILES string of the molecule is NC1(N)CCCC(CC(=O)[O-])(CC(=O)[O-])C1(CC(=O)[O-])CC(=O)[O-].NC1(N)CCCC(CC(=O)[O-])(CC(=O)[O-])C1(CC(=O)[O-])CC(=O)[O-].NC1(N)CCCC(CC(=O)[O-])(CC(=O)[O-])C1(CC(=O)[O-])CC(=O)[O-].[Fe+3].[Fe+3].[Fe+3].[Fe+3]. The van der Waals surface area contributed by atoms with Crippen molar-refractivity contribution in [2.75, 3.05) is 0 Å². The van der Waals surface area contributed by atoms with Crippen LogP contribution in [-0.2, 0) is 126 Å². The van der Waals surface area contributed by atoms with Crippen LogP contribution in [0.25, 0.3) is 0 Å². The number of hydrogen-bond donors (Lipinski definition) is 6. The molecule has 0 atom stereocenters. The molecule has 34 heteroatoms. The first-order chi connectivity index (χ1) is 32.6. The molecule has 0 heterocycles. The molecule has 0 aromatic rings. The van der Waals surface area contributed by atoms with E-state index in [0.717, 1.165) is 0 Å². The predicted molar refractivity (Wildman–Crippen MR) is 205 cm³/mol. The quantitative estimate of drug-likeness (QED) is 0.0386. The van der Waals surface area contributed by atoms with Crippen molar-refractivity contribution in [3.8, 4) is 0 Å². The zero-order valence-corrected chi connectivity index (χ0v) is 44.4. The summed E-state index contributed by atoms with van der Waals surface area (Å²) in [7, 11) is 0. The van der Waals surface area contributed by atoms with Crippen molar-refractivity contribution in [1.82, 2.24) is 0 Å². The van der Waals surface area contributed by atoms with Crippen molar-refractivity contribution in [3.63, 3.8) is 0 Å². The molecule has 12 N–H and O–H groups in total. The van der Waals surface area contributed by atoms with Gasteiger partial charge in [-0.3, -0.25) is 0 Å². The second kappa shape index (κ2) is 30.0. The minimum Gasteiger partial charge on any atom is -0.550 e. The maximum absolute atomic E-state index is 11.2. The third kappa shape index (κ3) is 18.3. The third-order valence-electron chi connectivity index (χ3n) is 15.0. The number of carboxylic acids is 12. The second-order valence-electron chi connectivity index (χ2n) is 19.4. The first-order valence-corrected chi connectivity index (χ1v) is 21.7. The molecule has 0 unspecified atom stereocenters. The molecule has 4 radical (unpaired) electrons. The summed E-state index contributed by atoms with van der Waals surface area (Å²) in [6.45, 7) is 0. The predicted octanol–water partition coefficient (Wildman–Crippen LogP) is -17.1. The van der Waals surface area contributed by atoms with Gasteiger partial charge in [0, 0.05) is 87.9 Å². The molecule has 0 aromatic heterocycles. The first kappa shape index (κ1) is 78.0. The van der Waals surface area contributed by atoms with E-state index in [4.69, 9.17) is 34.4 Å². The summed E-state index contributed by atoms with van der Waals surface area (Å²) >= 11 is 0. The van der Waals surface area contributed by atoms with Crippen molar-refractivity contribution in [2.24, 2.45) is 66.9 Å². The number of nitrogens with two attached hydrogens (primary N) is 6. The second-order valence-corrected chi connectivity index (χ2v) is 19.4. The van der Waals surface area contributed by atoms with Gasteiger partial charge in [-0.25, -0.2) is 0 Å². The number of hydrogen-bond acceptors (Lipinski definition) is 30. The average Bonchev–Trinajstić information content (AvgIpc) is 3.12. The van der Waals surface area contributed by atoms with Crippen LogP contribution in [0.1, 0.15) is 135 Å². The molecule has 428 valence electrons. The Morgan fingerprint density at radius 2 is 0.355 bits per heavy atom. The van der Waals surface area contributed by atoms with E-state index in [-0.39, 0.29) is 126 Å². The van der Waals surface area contributed by atoms with Gasteiger partial charge in [0.15, 0.2) is 0 Å². The standard InChI is InChI=1S/3C14H22N2O8.4Fe/c3*15-14(16)3-1-2-12(4-8(17)18,5-9(19)20)13(14,6-10(21)22)7-11(23)24;;;;/h3*1-7,15-16H2,(H,17,18)(H,19,20)(H,21,22)(H,23,24);;;;/q;;;4*+3/p-12. The maximum atomic E-state index is 11.2. The minimum absolute atomic E-state index is 0. The zero-order valence-electron chi connectivity index (χ0n) is 40.0. The average molecular weight is 1250 g/mol. The normalized spacial score (nSPS) is 19.8. The van der Waals surface area contributed by atoms with E-state index < -0.39 is 198 Å². The van der Waals surface area contributed by atoms with E-state index in [2.05, 4.69) is 0 Å². The van der Waals surface area contributed by atoms with Gasteiger partial charge in [0.2, 0.25) is 0 Å². The number of rotatable bonds is 24. The van der Waals surface area contributed by atoms with Crippen molar-refractivity contribution in [3.05, 3.63) is 0 Å². The van der Waals surface area contributed by atoms with Crippen molar-refractivity contribution in [1.29, 1.82) is 0 Å². The van der Waals surface area contributed by atoms with E-state index in [1.165, 1.54) is 0 Å². The molecule has 3 saturated carbocycles. The number of carbonyl (C=O) groups is 12. The molecule has 3 fully saturated rings. The van der Waals surface area contributed by atoms with Crippen LogP contribution in [0, 0.1) is 32.5 Å². The van der Waals surface area contributed by atoms with E-state index in [9.17, 15) is 119 Å². The van der Waals surface area contributed by atoms with E-state index in [0.29, 0.717) is 0 Å². The third-order valence-corrected chi connectivity index (χ3v) is 15.0. The monoisotopic (exact) mass is 1250 g/mol. The van der Waals surface area contributed by atoms with E-state index in [1.54, 1.807) is 0 Å². The number of carboxylic acid groups (broad SMARTS) is 12. The Morgan fingerprint density at radius 3 is 0.461 bits per heavy atom. The van der Waals surface area contributed by atoms with Crippen LogP contribution >= 0.6 is 0 Å². The van der Waals surface area contributed by atoms with Crippen LogP contribution < -0.4 is 95.7 Å². The maximum Gasteiger partial charge on any atom is 3.00 e. The van der Waals surface area contributed by atoms with Gasteiger partial charge < -0.3 is 153 Å². The topological polar surface area (TPSA) is 638 Å². The van der Waals surface area contributed by atoms with Crippen LogP contribution in [0.5, 0.6) is 0 Å². The van der Waals surface area contributed by atoms with Gasteiger partial charge in [0.05, 0.1) is 17.0 Å². The summed E-state index contributed by atoms with van der Waals surface area (Å²) in [5.74, 6) is -20.5. The Balaban J connectivity index is -0.000000498. The summed E-state index contributed by atoms with van der Waals surface area (Å²) < 4.78 is 0. The van der Waals surface area contributed by atoms with E-state index in [1.807, 2.05) is 0 Å². The fourth-order valence-corrected chi connectivity index (χ4v) is 12.2. The number of aliphatic carboxylic acids is 12. The molecule has 3 aliphatic carbocycles. The van der Waals surface area contributed by atoms with Crippen molar-refractivity contribution < 1.29 is 187 Å². The van der Waals surface area contributed by atoms with E-state index >= 15 is 0 Å². The Kier molecular flexibility index (Phi) is 30.8. The first-order valence-electron chi connectivity index (χ1n) is 21.7. The van der Waals surface area contributed by atoms with Crippen molar-refractivity contribution >= 4 is 71.6 Å². The fourth-order valence-electron chi connectivity index (χ4n) is 12.2. The summed E-state index contributed by atoms with van der Waals surface area (Å²) in [6.07, 6.45) is -11.7. The molecular formula is C42H54Fe4N6O24. The van der Waals surface area contributed by atoms with Gasteiger partial charge in [-0.1, -0.05) is 0 Å². The molecule has 0 aliphatic heterocycles. The summed E-state index contributed by atoms with van der Waals surface area (Å²) in [5, 5.41) is 135. The van der Waals surface area contributed by atoms with Crippen LogP contribution in [-0.4, -0.2) is 88.6 Å². The van der Waals surface area contributed by atoms with Crippen molar-refractivity contribution in [2.45, 2.75) is 152 Å². The summed E-state index contributed by atoms with van der Waals surface area (Å²) in [6, 6.07) is 0. The van der Waals surface area contributed by atoms with Gasteiger partial charge in [-0.2, -0.15) is 0 Å². The molecular weight excluding hydrogens is 1200 g/mol. The van der Waals surface area contributed by atoms with Gasteiger partial charge >= 0.3 is 68.3 Å². The Bertz CT molecular complexity index is 1830. The van der Waals surface area contributed by atoms with Gasteiger partial charge in [0.25, 0.3) is 0 Å². The molecule has 30 nitrogen and oxygen atoms in total. The van der Waals surface area contributed by atoms with Gasteiger partial charge in [0.1, 0.15) is 0 Å². The molecule has 3 aliphatic rings. The number of carbonyl (C=O) groups excluding carboxylic acids is 12.